The van der Waals surface area contributed by atoms with Crippen molar-refractivity contribution < 1.29 is 23.7 Å². The van der Waals surface area contributed by atoms with Gasteiger partial charge in [0, 0.05) is 37.6 Å². The van der Waals surface area contributed by atoms with Crippen LogP contribution >= 0.6 is 11.6 Å². The largest absolute Gasteiger partial charge is 0.489 e. The lowest BCUT2D eigenvalue weighted by Gasteiger charge is -2.26. The number of rotatable bonds is 7. The normalized spacial score (nSPS) is 16.0. The van der Waals surface area contributed by atoms with E-state index in [-0.39, 0.29) is 0 Å². The van der Waals surface area contributed by atoms with Gasteiger partial charge in [-0.2, -0.15) is 0 Å². The number of nitrogen functional groups attached to an aromatic ring is 1. The lowest BCUT2D eigenvalue weighted by molar-refractivity contribution is 0.0357. The second-order valence-corrected chi connectivity index (χ2v) is 8.29. The highest BCUT2D eigenvalue weighted by atomic mass is 35.5. The molecule has 3 aromatic rings. The fourth-order valence-corrected chi connectivity index (χ4v) is 4.21. The Morgan fingerprint density at radius 2 is 1.79 bits per heavy atom. The predicted molar refractivity (Wildman–Crippen MR) is 126 cm³/mol. The Morgan fingerprint density at radius 1 is 0.970 bits per heavy atom. The third-order valence-corrected chi connectivity index (χ3v) is 5.89. The maximum absolute atomic E-state index is 6.32. The first kappa shape index (κ1) is 21.9. The van der Waals surface area contributed by atoms with Crippen LogP contribution in [0.5, 0.6) is 28.7 Å². The number of hydrogen-bond acceptors (Lipinski definition) is 8. The number of fused-ring (bicyclic) bond motifs is 3. The molecule has 2 aliphatic rings. The SMILES string of the molecule is Nc1ccc(Oc2ccnc3cc(OCCCN4CCOCC4)c4c(c23)OCCO4)c(Cl)c1. The van der Waals surface area contributed by atoms with Crippen molar-refractivity contribution in [3.63, 3.8) is 0 Å². The van der Waals surface area contributed by atoms with E-state index in [1.54, 1.807) is 30.5 Å². The van der Waals surface area contributed by atoms with Gasteiger partial charge in [0.2, 0.25) is 5.75 Å². The summed E-state index contributed by atoms with van der Waals surface area (Å²) in [5.74, 6) is 2.81. The highest BCUT2D eigenvalue weighted by Gasteiger charge is 2.25. The van der Waals surface area contributed by atoms with Gasteiger partial charge in [-0.25, -0.2) is 0 Å². The number of nitrogens with two attached hydrogens (primary N) is 1. The van der Waals surface area contributed by atoms with E-state index in [4.69, 9.17) is 41.0 Å². The second-order valence-electron chi connectivity index (χ2n) is 7.88. The molecule has 2 aromatic carbocycles. The minimum atomic E-state index is 0.422. The van der Waals surface area contributed by atoms with Gasteiger partial charge in [-0.1, -0.05) is 11.6 Å². The molecule has 0 unspecified atom stereocenters. The molecule has 0 saturated carbocycles. The summed E-state index contributed by atoms with van der Waals surface area (Å²) in [4.78, 5) is 6.90. The summed E-state index contributed by atoms with van der Waals surface area (Å²) in [6.07, 6.45) is 2.58. The number of ether oxygens (including phenoxy) is 5. The summed E-state index contributed by atoms with van der Waals surface area (Å²) in [7, 11) is 0. The lowest BCUT2D eigenvalue weighted by Crippen LogP contribution is -2.37. The zero-order chi connectivity index (χ0) is 22.6. The lowest BCUT2D eigenvalue weighted by atomic mass is 10.1. The molecule has 0 bridgehead atoms. The van der Waals surface area contributed by atoms with Crippen molar-refractivity contribution >= 4 is 28.2 Å². The average Bonchev–Trinajstić information content (AvgIpc) is 2.84. The Bertz CT molecular complexity index is 1140. The minimum absolute atomic E-state index is 0.422. The molecule has 33 heavy (non-hydrogen) atoms. The van der Waals surface area contributed by atoms with E-state index >= 15 is 0 Å². The Morgan fingerprint density at radius 3 is 2.61 bits per heavy atom. The first-order chi connectivity index (χ1) is 16.2. The number of aromatic nitrogens is 1. The zero-order valence-electron chi connectivity index (χ0n) is 18.2. The molecule has 2 N–H and O–H groups in total. The van der Waals surface area contributed by atoms with E-state index in [2.05, 4.69) is 9.88 Å². The Kier molecular flexibility index (Phi) is 6.57. The monoisotopic (exact) mass is 471 g/mol. The summed E-state index contributed by atoms with van der Waals surface area (Å²) >= 11 is 6.32. The summed E-state index contributed by atoms with van der Waals surface area (Å²) in [6.45, 7) is 5.93. The van der Waals surface area contributed by atoms with Crippen molar-refractivity contribution in [3.8, 4) is 28.7 Å². The van der Waals surface area contributed by atoms with Gasteiger partial charge in [-0.3, -0.25) is 9.88 Å². The fourth-order valence-electron chi connectivity index (χ4n) is 3.98. The van der Waals surface area contributed by atoms with Crippen LogP contribution in [0.4, 0.5) is 5.69 Å². The van der Waals surface area contributed by atoms with E-state index in [1.165, 1.54) is 0 Å². The van der Waals surface area contributed by atoms with Crippen molar-refractivity contribution in [2.75, 3.05) is 58.4 Å². The summed E-state index contributed by atoms with van der Waals surface area (Å²) in [6, 6.07) is 8.77. The van der Waals surface area contributed by atoms with Crippen LogP contribution in [0.3, 0.4) is 0 Å². The maximum Gasteiger partial charge on any atom is 0.204 e. The van der Waals surface area contributed by atoms with Crippen LogP contribution in [0, 0.1) is 0 Å². The van der Waals surface area contributed by atoms with Crippen LogP contribution in [0.1, 0.15) is 6.42 Å². The van der Waals surface area contributed by atoms with Crippen LogP contribution in [-0.2, 0) is 4.74 Å². The smallest absolute Gasteiger partial charge is 0.204 e. The third-order valence-electron chi connectivity index (χ3n) is 5.60. The quantitative estimate of drug-likeness (QED) is 0.406. The molecule has 9 heteroatoms. The maximum atomic E-state index is 6.32. The first-order valence-corrected chi connectivity index (χ1v) is 11.4. The molecule has 0 amide bonds. The molecular formula is C24H26ClN3O5. The van der Waals surface area contributed by atoms with Gasteiger partial charge in [0.15, 0.2) is 11.5 Å². The first-order valence-electron chi connectivity index (χ1n) is 11.1. The molecule has 2 aliphatic heterocycles. The van der Waals surface area contributed by atoms with Crippen LogP contribution in [0.2, 0.25) is 5.02 Å². The van der Waals surface area contributed by atoms with Crippen LogP contribution < -0.4 is 24.7 Å². The highest BCUT2D eigenvalue weighted by molar-refractivity contribution is 6.32. The molecule has 1 saturated heterocycles. The van der Waals surface area contributed by atoms with E-state index in [9.17, 15) is 0 Å². The van der Waals surface area contributed by atoms with Crippen molar-refractivity contribution in [1.82, 2.24) is 9.88 Å². The molecule has 174 valence electrons. The molecule has 1 aromatic heterocycles. The third kappa shape index (κ3) is 4.88. The van der Waals surface area contributed by atoms with Gasteiger partial charge in [0.25, 0.3) is 0 Å². The Labute approximate surface area is 197 Å². The van der Waals surface area contributed by atoms with Crippen LogP contribution in [0.25, 0.3) is 10.9 Å². The van der Waals surface area contributed by atoms with Crippen molar-refractivity contribution in [2.24, 2.45) is 0 Å². The minimum Gasteiger partial charge on any atom is -0.489 e. The van der Waals surface area contributed by atoms with Gasteiger partial charge in [-0.05, 0) is 30.7 Å². The van der Waals surface area contributed by atoms with Crippen molar-refractivity contribution in [3.05, 3.63) is 41.6 Å². The molecule has 8 nitrogen and oxygen atoms in total. The number of benzene rings is 2. The topological polar surface area (TPSA) is 88.3 Å². The van der Waals surface area contributed by atoms with Crippen LogP contribution in [0.15, 0.2) is 36.5 Å². The Balaban J connectivity index is 1.40. The van der Waals surface area contributed by atoms with Gasteiger partial charge in [0.05, 0.1) is 35.7 Å². The fraction of sp³-hybridized carbons (Fsp3) is 0.375. The zero-order valence-corrected chi connectivity index (χ0v) is 19.0. The average molecular weight is 472 g/mol. The number of hydrogen-bond donors (Lipinski definition) is 1. The molecule has 0 spiro atoms. The van der Waals surface area contributed by atoms with Gasteiger partial charge >= 0.3 is 0 Å². The number of nitrogens with zero attached hydrogens (tertiary/aromatic N) is 2. The van der Waals surface area contributed by atoms with Crippen LogP contribution in [-0.4, -0.2) is 62.6 Å². The number of halogens is 1. The number of pyridine rings is 1. The second kappa shape index (κ2) is 9.91. The molecule has 5 rings (SSSR count). The predicted octanol–water partition coefficient (Wildman–Crippen LogP) is 4.14. The molecule has 3 heterocycles. The summed E-state index contributed by atoms with van der Waals surface area (Å²) in [5.41, 5.74) is 7.06. The summed E-state index contributed by atoms with van der Waals surface area (Å²) in [5, 5.41) is 1.13. The Hall–Kier alpha value is -2.94. The van der Waals surface area contributed by atoms with E-state index in [0.29, 0.717) is 70.2 Å². The van der Waals surface area contributed by atoms with E-state index < -0.39 is 0 Å². The van der Waals surface area contributed by atoms with Crippen molar-refractivity contribution in [1.29, 1.82) is 0 Å². The van der Waals surface area contributed by atoms with Gasteiger partial charge < -0.3 is 29.4 Å². The van der Waals surface area contributed by atoms with Crippen molar-refractivity contribution in [2.45, 2.75) is 6.42 Å². The standard InChI is InChI=1S/C24H26ClN3O5/c25-17-14-16(26)2-3-19(17)33-20-4-5-27-18-15-21(23-24(22(18)20)32-13-12-31-23)30-9-1-6-28-7-10-29-11-8-28/h2-5,14-15H,1,6-13,26H2. The van der Waals surface area contributed by atoms with E-state index in [0.717, 1.165) is 39.3 Å². The molecular weight excluding hydrogens is 446 g/mol. The molecule has 0 atom stereocenters. The van der Waals surface area contributed by atoms with E-state index in [1.807, 2.05) is 6.07 Å². The number of anilines is 1. The number of morpholine rings is 1. The summed E-state index contributed by atoms with van der Waals surface area (Å²) < 4.78 is 29.6. The van der Waals surface area contributed by atoms with Gasteiger partial charge in [0.1, 0.15) is 24.7 Å². The van der Waals surface area contributed by atoms with Gasteiger partial charge in [-0.15, -0.1) is 0 Å². The molecule has 1 fully saturated rings. The highest BCUT2D eigenvalue weighted by Crippen LogP contribution is 2.48. The molecule has 0 aliphatic carbocycles. The molecule has 0 radical (unpaired) electrons.